The van der Waals surface area contributed by atoms with Gasteiger partial charge in [0.25, 0.3) is 5.56 Å². The summed E-state index contributed by atoms with van der Waals surface area (Å²) in [6, 6.07) is 20.9. The molecule has 0 spiro atoms. The highest BCUT2D eigenvalue weighted by atomic mass is 35.5. The number of hydrogen-bond acceptors (Lipinski definition) is 6. The van der Waals surface area contributed by atoms with Crippen molar-refractivity contribution in [2.45, 2.75) is 13.5 Å². The molecule has 0 amide bonds. The molecule has 0 aliphatic rings. The number of rotatable bonds is 6. The third-order valence-corrected chi connectivity index (χ3v) is 6.58. The van der Waals surface area contributed by atoms with Crippen LogP contribution in [0.5, 0.6) is 11.5 Å². The lowest BCUT2D eigenvalue weighted by atomic mass is 10.1. The van der Waals surface area contributed by atoms with Crippen LogP contribution in [0.25, 0.3) is 22.4 Å². The van der Waals surface area contributed by atoms with Gasteiger partial charge < -0.3 is 9.47 Å². The number of hydrogen-bond donors (Lipinski definition) is 0. The molecule has 0 fully saturated rings. The number of methoxy groups -OCH3 is 1. The highest BCUT2D eigenvalue weighted by Crippen LogP contribution is 2.26. The first-order valence-electron chi connectivity index (χ1n) is 10.5. The van der Waals surface area contributed by atoms with Gasteiger partial charge in [-0.2, -0.15) is 0 Å². The van der Waals surface area contributed by atoms with E-state index in [2.05, 4.69) is 29.3 Å². The molecular weight excluding hydrogens is 470 g/mol. The average molecular weight is 490 g/mol. The second kappa shape index (κ2) is 9.29. The molecular formula is C26H20ClN3O3S. The molecule has 6 nitrogen and oxygen atoms in total. The van der Waals surface area contributed by atoms with Crippen molar-refractivity contribution in [3.63, 3.8) is 0 Å². The third-order valence-electron chi connectivity index (χ3n) is 5.37. The van der Waals surface area contributed by atoms with Gasteiger partial charge in [0.1, 0.15) is 18.1 Å². The first-order chi connectivity index (χ1) is 16.5. The Morgan fingerprint density at radius 2 is 1.79 bits per heavy atom. The van der Waals surface area contributed by atoms with Gasteiger partial charge in [-0.25, -0.2) is 4.40 Å². The first kappa shape index (κ1) is 22.1. The zero-order valence-electron chi connectivity index (χ0n) is 18.5. The summed E-state index contributed by atoms with van der Waals surface area (Å²) in [5.41, 5.74) is 3.65. The molecule has 0 aliphatic heterocycles. The molecule has 0 radical (unpaired) electrons. The number of aromatic nitrogens is 3. The quantitative estimate of drug-likeness (QED) is 0.339. The molecule has 0 saturated carbocycles. The smallest absolute Gasteiger partial charge is 0.276 e. The molecule has 170 valence electrons. The SMILES string of the molecule is COc1cc(OCc2ccc(C)cc2)ccc1/C=c1\sc2nnc(-c3ccc(Cl)cc3)n2c1=O. The van der Waals surface area contributed by atoms with Crippen LogP contribution in [0.15, 0.2) is 71.5 Å². The molecule has 2 aromatic heterocycles. The van der Waals surface area contributed by atoms with Gasteiger partial charge in [0.15, 0.2) is 5.82 Å². The zero-order valence-corrected chi connectivity index (χ0v) is 20.1. The predicted molar refractivity (Wildman–Crippen MR) is 135 cm³/mol. The summed E-state index contributed by atoms with van der Waals surface area (Å²) in [4.78, 5) is 13.7. The minimum Gasteiger partial charge on any atom is -0.496 e. The number of fused-ring (bicyclic) bond motifs is 1. The molecule has 34 heavy (non-hydrogen) atoms. The van der Waals surface area contributed by atoms with E-state index in [1.807, 2.05) is 42.5 Å². The summed E-state index contributed by atoms with van der Waals surface area (Å²) in [6.45, 7) is 2.51. The van der Waals surface area contributed by atoms with E-state index < -0.39 is 0 Å². The summed E-state index contributed by atoms with van der Waals surface area (Å²) in [5, 5.41) is 8.98. The van der Waals surface area contributed by atoms with Crippen LogP contribution < -0.4 is 19.6 Å². The number of nitrogens with zero attached hydrogens (tertiary/aromatic N) is 3. The van der Waals surface area contributed by atoms with Gasteiger partial charge in [-0.1, -0.05) is 52.8 Å². The fourth-order valence-corrected chi connectivity index (χ4v) is 4.57. The Kier molecular flexibility index (Phi) is 6.04. The Labute approximate surface area is 204 Å². The van der Waals surface area contributed by atoms with Crippen LogP contribution >= 0.6 is 22.9 Å². The van der Waals surface area contributed by atoms with E-state index in [1.165, 1.54) is 21.3 Å². The van der Waals surface area contributed by atoms with Crippen molar-refractivity contribution in [3.8, 4) is 22.9 Å². The van der Waals surface area contributed by atoms with Crippen LogP contribution in [0.4, 0.5) is 0 Å². The molecule has 5 rings (SSSR count). The van der Waals surface area contributed by atoms with Gasteiger partial charge >= 0.3 is 0 Å². The van der Waals surface area contributed by atoms with Crippen LogP contribution in [-0.4, -0.2) is 21.7 Å². The Morgan fingerprint density at radius 1 is 1.03 bits per heavy atom. The number of thiazole rings is 1. The third kappa shape index (κ3) is 4.40. The van der Waals surface area contributed by atoms with Crippen LogP contribution in [0.1, 0.15) is 16.7 Å². The van der Waals surface area contributed by atoms with Gasteiger partial charge in [-0.15, -0.1) is 10.2 Å². The fourth-order valence-electron chi connectivity index (χ4n) is 3.54. The largest absolute Gasteiger partial charge is 0.496 e. The molecule has 0 saturated heterocycles. The summed E-state index contributed by atoms with van der Waals surface area (Å²) < 4.78 is 13.6. The minimum atomic E-state index is -0.184. The molecule has 0 N–H and O–H groups in total. The summed E-state index contributed by atoms with van der Waals surface area (Å²) in [6.07, 6.45) is 1.80. The summed E-state index contributed by atoms with van der Waals surface area (Å²) >= 11 is 7.26. The number of ether oxygens (including phenoxy) is 2. The van der Waals surface area contributed by atoms with Crippen molar-refractivity contribution in [2.24, 2.45) is 0 Å². The number of aryl methyl sites for hydroxylation is 1. The zero-order chi connectivity index (χ0) is 23.7. The molecule has 0 atom stereocenters. The van der Waals surface area contributed by atoms with Crippen molar-refractivity contribution in [1.82, 2.24) is 14.6 Å². The molecule has 8 heteroatoms. The Bertz CT molecular complexity index is 1580. The van der Waals surface area contributed by atoms with Crippen LogP contribution in [-0.2, 0) is 6.61 Å². The van der Waals surface area contributed by atoms with Gasteiger partial charge in [-0.3, -0.25) is 4.79 Å². The number of halogens is 1. The van der Waals surface area contributed by atoms with E-state index in [9.17, 15) is 4.79 Å². The van der Waals surface area contributed by atoms with Gasteiger partial charge in [-0.05, 0) is 55.0 Å². The van der Waals surface area contributed by atoms with Crippen LogP contribution in [0, 0.1) is 6.92 Å². The maximum absolute atomic E-state index is 13.2. The lowest BCUT2D eigenvalue weighted by Gasteiger charge is -2.10. The van der Waals surface area contributed by atoms with E-state index in [4.69, 9.17) is 21.1 Å². The second-order valence-electron chi connectivity index (χ2n) is 7.74. The van der Waals surface area contributed by atoms with Crippen LogP contribution in [0.2, 0.25) is 5.02 Å². The lowest BCUT2D eigenvalue weighted by Crippen LogP contribution is -2.23. The average Bonchev–Trinajstić information content (AvgIpc) is 3.40. The Morgan fingerprint density at radius 3 is 2.53 bits per heavy atom. The highest BCUT2D eigenvalue weighted by molar-refractivity contribution is 7.15. The van der Waals surface area contributed by atoms with Crippen molar-refractivity contribution >= 4 is 34.0 Å². The molecule has 0 unspecified atom stereocenters. The Balaban J connectivity index is 1.46. The van der Waals surface area contributed by atoms with Crippen molar-refractivity contribution < 1.29 is 9.47 Å². The number of benzene rings is 3. The highest BCUT2D eigenvalue weighted by Gasteiger charge is 2.15. The standard InChI is InChI=1S/C26H20ClN3O3S/c1-16-3-5-17(6-4-16)15-33-21-12-9-19(22(14-21)32-2)13-23-25(31)30-24(28-29-26(30)34-23)18-7-10-20(27)11-8-18/h3-14H,15H2,1-2H3/b23-13-. The molecule has 2 heterocycles. The fraction of sp³-hybridized carbons (Fsp3) is 0.115. The molecule has 0 bridgehead atoms. The van der Waals surface area contributed by atoms with Crippen molar-refractivity contribution in [3.05, 3.63) is 103 Å². The van der Waals surface area contributed by atoms with E-state index in [-0.39, 0.29) is 5.56 Å². The lowest BCUT2D eigenvalue weighted by molar-refractivity contribution is 0.303. The van der Waals surface area contributed by atoms with E-state index in [0.29, 0.717) is 38.4 Å². The Hall–Kier alpha value is -3.68. The maximum atomic E-state index is 13.2. The normalized spacial score (nSPS) is 11.8. The molecule has 3 aromatic carbocycles. The first-order valence-corrected chi connectivity index (χ1v) is 11.7. The topological polar surface area (TPSA) is 65.7 Å². The molecule has 0 aliphatic carbocycles. The second-order valence-corrected chi connectivity index (χ2v) is 9.19. The van der Waals surface area contributed by atoms with Gasteiger partial charge in [0, 0.05) is 22.2 Å². The van der Waals surface area contributed by atoms with Crippen LogP contribution in [0.3, 0.4) is 0 Å². The maximum Gasteiger partial charge on any atom is 0.276 e. The van der Waals surface area contributed by atoms with E-state index >= 15 is 0 Å². The summed E-state index contributed by atoms with van der Waals surface area (Å²) in [5.74, 6) is 1.79. The van der Waals surface area contributed by atoms with E-state index in [1.54, 1.807) is 25.3 Å². The minimum absolute atomic E-state index is 0.184. The predicted octanol–water partition coefficient (Wildman–Crippen LogP) is 4.92. The monoisotopic (exact) mass is 489 g/mol. The van der Waals surface area contributed by atoms with Gasteiger partial charge in [0.2, 0.25) is 4.96 Å². The van der Waals surface area contributed by atoms with Gasteiger partial charge in [0.05, 0.1) is 11.6 Å². The molecule has 5 aromatic rings. The van der Waals surface area contributed by atoms with Crippen molar-refractivity contribution in [2.75, 3.05) is 7.11 Å². The van der Waals surface area contributed by atoms with Crippen molar-refractivity contribution in [1.29, 1.82) is 0 Å². The van der Waals surface area contributed by atoms with E-state index in [0.717, 1.165) is 16.7 Å². The summed E-state index contributed by atoms with van der Waals surface area (Å²) in [7, 11) is 1.60.